The minimum atomic E-state index is -0.631. The van der Waals surface area contributed by atoms with Crippen LogP contribution in [0.1, 0.15) is 10.5 Å². The first-order valence-electron chi connectivity index (χ1n) is 5.10. The molecule has 0 spiro atoms. The molecule has 7 nitrogen and oxygen atoms in total. The van der Waals surface area contributed by atoms with Gasteiger partial charge in [0.05, 0.1) is 5.02 Å². The molecule has 2 rings (SSSR count). The van der Waals surface area contributed by atoms with Crippen LogP contribution in [0.2, 0.25) is 5.02 Å². The lowest BCUT2D eigenvalue weighted by atomic mass is 10.3. The van der Waals surface area contributed by atoms with E-state index < -0.39 is 10.8 Å². The van der Waals surface area contributed by atoms with E-state index in [1.54, 1.807) is 0 Å². The van der Waals surface area contributed by atoms with Gasteiger partial charge in [-0.1, -0.05) is 11.6 Å². The van der Waals surface area contributed by atoms with Gasteiger partial charge in [-0.3, -0.25) is 4.79 Å². The second kappa shape index (κ2) is 4.99. The van der Waals surface area contributed by atoms with Crippen molar-refractivity contribution in [1.29, 1.82) is 0 Å². The molecule has 1 heterocycles. The van der Waals surface area contributed by atoms with E-state index in [1.807, 2.05) is 0 Å². The van der Waals surface area contributed by atoms with Gasteiger partial charge in [-0.25, -0.2) is 4.98 Å². The molecule has 0 saturated carbocycles. The van der Waals surface area contributed by atoms with E-state index in [1.165, 1.54) is 30.3 Å². The lowest BCUT2D eigenvalue weighted by molar-refractivity contribution is -0.389. The van der Waals surface area contributed by atoms with Gasteiger partial charge in [-0.15, -0.1) is 0 Å². The summed E-state index contributed by atoms with van der Waals surface area (Å²) in [7, 11) is 0. The molecule has 0 unspecified atom stereocenters. The SMILES string of the molecule is O=C(Nc1ccc(O)c(Cl)c1)c1ccc([N+](=O)[O-])[nH]1. The van der Waals surface area contributed by atoms with Crippen molar-refractivity contribution in [3.05, 3.63) is 51.2 Å². The normalized spacial score (nSPS) is 10.2. The number of carbonyl (C=O) groups is 1. The smallest absolute Gasteiger partial charge is 0.321 e. The zero-order chi connectivity index (χ0) is 14.0. The zero-order valence-corrected chi connectivity index (χ0v) is 10.1. The number of phenolic OH excluding ortho intramolecular Hbond substituents is 1. The van der Waals surface area contributed by atoms with Gasteiger partial charge in [0, 0.05) is 11.8 Å². The number of aromatic amines is 1. The third-order valence-electron chi connectivity index (χ3n) is 2.32. The standard InChI is InChI=1S/C11H8ClN3O4/c12-7-5-6(1-3-9(7)16)13-11(17)8-2-4-10(14-8)15(18)19/h1-5,14,16H,(H,13,17). The quantitative estimate of drug-likeness (QED) is 0.456. The van der Waals surface area contributed by atoms with Gasteiger partial charge < -0.3 is 20.5 Å². The second-order valence-corrected chi connectivity index (χ2v) is 4.04. The summed E-state index contributed by atoms with van der Waals surface area (Å²) in [5.74, 6) is -0.918. The maximum atomic E-state index is 11.8. The predicted molar refractivity (Wildman–Crippen MR) is 68.5 cm³/mol. The van der Waals surface area contributed by atoms with Crippen LogP contribution in [-0.2, 0) is 0 Å². The topological polar surface area (TPSA) is 108 Å². The average molecular weight is 282 g/mol. The molecule has 1 amide bonds. The molecule has 0 atom stereocenters. The molecular weight excluding hydrogens is 274 g/mol. The molecule has 1 aromatic heterocycles. The third kappa shape index (κ3) is 2.83. The van der Waals surface area contributed by atoms with Gasteiger partial charge in [0.25, 0.3) is 5.91 Å². The highest BCUT2D eigenvalue weighted by Gasteiger charge is 2.15. The summed E-state index contributed by atoms with van der Waals surface area (Å²) < 4.78 is 0. The van der Waals surface area contributed by atoms with Crippen LogP contribution in [0.4, 0.5) is 11.5 Å². The Morgan fingerprint density at radius 1 is 1.37 bits per heavy atom. The number of phenols is 1. The van der Waals surface area contributed by atoms with E-state index in [0.717, 1.165) is 0 Å². The Morgan fingerprint density at radius 3 is 2.68 bits per heavy atom. The van der Waals surface area contributed by atoms with E-state index in [4.69, 9.17) is 11.6 Å². The lowest BCUT2D eigenvalue weighted by Gasteiger charge is -2.03. The number of nitro groups is 1. The average Bonchev–Trinajstić information content (AvgIpc) is 2.83. The highest BCUT2D eigenvalue weighted by atomic mass is 35.5. The summed E-state index contributed by atoms with van der Waals surface area (Å²) >= 11 is 5.69. The van der Waals surface area contributed by atoms with Crippen LogP contribution in [0, 0.1) is 10.1 Å². The summed E-state index contributed by atoms with van der Waals surface area (Å²) in [5, 5.41) is 22.3. The number of benzene rings is 1. The maximum Gasteiger partial charge on any atom is 0.321 e. The molecular formula is C11H8ClN3O4. The van der Waals surface area contributed by atoms with E-state index in [0.29, 0.717) is 5.69 Å². The van der Waals surface area contributed by atoms with Crippen LogP contribution in [0.25, 0.3) is 0 Å². The van der Waals surface area contributed by atoms with Crippen LogP contribution in [0.15, 0.2) is 30.3 Å². The minimum absolute atomic E-state index is 0.0518. The fourth-order valence-electron chi connectivity index (χ4n) is 1.41. The van der Waals surface area contributed by atoms with Crippen molar-refractivity contribution < 1.29 is 14.8 Å². The number of nitrogens with one attached hydrogen (secondary N) is 2. The number of anilines is 1. The van der Waals surface area contributed by atoms with Crippen molar-refractivity contribution in [3.8, 4) is 5.75 Å². The summed E-state index contributed by atoms with van der Waals surface area (Å²) in [6.45, 7) is 0. The Kier molecular flexibility index (Phi) is 3.39. The number of halogens is 1. The first kappa shape index (κ1) is 12.9. The fraction of sp³-hybridized carbons (Fsp3) is 0. The molecule has 0 radical (unpaired) electrons. The molecule has 0 aliphatic heterocycles. The number of amides is 1. The molecule has 0 aliphatic rings. The Morgan fingerprint density at radius 2 is 2.11 bits per heavy atom. The molecule has 3 N–H and O–H groups in total. The van der Waals surface area contributed by atoms with Gasteiger partial charge in [0.15, 0.2) is 5.69 Å². The highest BCUT2D eigenvalue weighted by molar-refractivity contribution is 6.32. The van der Waals surface area contributed by atoms with Gasteiger partial charge in [-0.05, 0) is 29.2 Å². The van der Waals surface area contributed by atoms with Crippen molar-refractivity contribution in [1.82, 2.24) is 4.98 Å². The van der Waals surface area contributed by atoms with Crippen LogP contribution in [0.5, 0.6) is 5.75 Å². The van der Waals surface area contributed by atoms with Crippen molar-refractivity contribution in [2.45, 2.75) is 0 Å². The van der Waals surface area contributed by atoms with E-state index in [2.05, 4.69) is 10.3 Å². The molecule has 0 bridgehead atoms. The first-order valence-corrected chi connectivity index (χ1v) is 5.48. The molecule has 19 heavy (non-hydrogen) atoms. The Labute approximate surface area is 112 Å². The van der Waals surface area contributed by atoms with Crippen molar-refractivity contribution in [3.63, 3.8) is 0 Å². The highest BCUT2D eigenvalue weighted by Crippen LogP contribution is 2.26. The van der Waals surface area contributed by atoms with Gasteiger partial charge in [0.2, 0.25) is 0 Å². The summed E-state index contributed by atoms with van der Waals surface area (Å²) in [6.07, 6.45) is 0. The molecule has 0 fully saturated rings. The number of nitrogens with zero attached hydrogens (tertiary/aromatic N) is 1. The maximum absolute atomic E-state index is 11.8. The van der Waals surface area contributed by atoms with Gasteiger partial charge in [-0.2, -0.15) is 0 Å². The Hall–Kier alpha value is -2.54. The number of hydrogen-bond acceptors (Lipinski definition) is 4. The number of rotatable bonds is 3. The van der Waals surface area contributed by atoms with Crippen LogP contribution >= 0.6 is 11.6 Å². The summed E-state index contributed by atoms with van der Waals surface area (Å²) in [5.41, 5.74) is 0.418. The van der Waals surface area contributed by atoms with Crippen LogP contribution < -0.4 is 5.32 Å². The third-order valence-corrected chi connectivity index (χ3v) is 2.62. The van der Waals surface area contributed by atoms with Crippen LogP contribution in [0.3, 0.4) is 0 Å². The Bertz CT molecular complexity index is 653. The Balaban J connectivity index is 2.15. The lowest BCUT2D eigenvalue weighted by Crippen LogP contribution is -2.12. The number of aromatic nitrogens is 1. The minimum Gasteiger partial charge on any atom is -0.506 e. The number of hydrogen-bond donors (Lipinski definition) is 3. The molecule has 98 valence electrons. The first-order chi connectivity index (χ1) is 8.97. The number of carbonyl (C=O) groups excluding carboxylic acids is 1. The number of aromatic hydroxyl groups is 1. The summed E-state index contributed by atoms with van der Waals surface area (Å²) in [6, 6.07) is 6.64. The van der Waals surface area contributed by atoms with E-state index >= 15 is 0 Å². The predicted octanol–water partition coefficient (Wildman–Crippen LogP) is 2.53. The van der Waals surface area contributed by atoms with Crippen LogP contribution in [-0.4, -0.2) is 20.9 Å². The van der Waals surface area contributed by atoms with Crippen molar-refractivity contribution in [2.24, 2.45) is 0 Å². The molecule has 1 aromatic carbocycles. The van der Waals surface area contributed by atoms with E-state index in [9.17, 15) is 20.0 Å². The molecule has 8 heteroatoms. The fourth-order valence-corrected chi connectivity index (χ4v) is 1.59. The van der Waals surface area contributed by atoms with Crippen molar-refractivity contribution >= 4 is 29.0 Å². The van der Waals surface area contributed by atoms with Gasteiger partial charge in [0.1, 0.15) is 5.75 Å². The molecule has 0 aliphatic carbocycles. The van der Waals surface area contributed by atoms with Gasteiger partial charge >= 0.3 is 5.82 Å². The van der Waals surface area contributed by atoms with Crippen molar-refractivity contribution in [2.75, 3.05) is 5.32 Å². The summed E-state index contributed by atoms with van der Waals surface area (Å²) in [4.78, 5) is 24.0. The largest absolute Gasteiger partial charge is 0.506 e. The van der Waals surface area contributed by atoms with E-state index in [-0.39, 0.29) is 22.3 Å². The monoisotopic (exact) mass is 281 g/mol. The second-order valence-electron chi connectivity index (χ2n) is 3.63. The zero-order valence-electron chi connectivity index (χ0n) is 9.38. The number of H-pyrrole nitrogens is 1. The molecule has 2 aromatic rings. The molecule has 0 saturated heterocycles.